The number of phenols is 1. The molecule has 0 aliphatic carbocycles. The van der Waals surface area contributed by atoms with Crippen LogP contribution in [-0.2, 0) is 21.7 Å². The van der Waals surface area contributed by atoms with Crippen molar-refractivity contribution in [2.45, 2.75) is 53.1 Å². The first-order valence-corrected chi connectivity index (χ1v) is 12.4. The maximum absolute atomic E-state index is 12.5. The second-order valence-electron chi connectivity index (χ2n) is 7.65. The van der Waals surface area contributed by atoms with Gasteiger partial charge < -0.3 is 9.63 Å². The van der Waals surface area contributed by atoms with Crippen LogP contribution in [0.25, 0.3) is 0 Å². The maximum Gasteiger partial charge on any atom is 0.204 e. The van der Waals surface area contributed by atoms with Gasteiger partial charge in [-0.3, -0.25) is 4.57 Å². The Labute approximate surface area is 171 Å². The van der Waals surface area contributed by atoms with Crippen molar-refractivity contribution in [1.29, 1.82) is 0 Å². The van der Waals surface area contributed by atoms with Gasteiger partial charge in [-0.05, 0) is 88.5 Å². The van der Waals surface area contributed by atoms with Crippen LogP contribution in [0.2, 0.25) is 0 Å². The van der Waals surface area contributed by atoms with E-state index in [-0.39, 0.29) is 5.92 Å². The minimum absolute atomic E-state index is 0.253. The summed E-state index contributed by atoms with van der Waals surface area (Å²) in [5.41, 5.74) is 6.83. The summed E-state index contributed by atoms with van der Waals surface area (Å²) in [5, 5.41) is 10.3. The number of benzene rings is 2. The topological polar surface area (TPSA) is 46.5 Å². The van der Waals surface area contributed by atoms with E-state index in [0.717, 1.165) is 27.6 Å². The molecule has 27 heavy (non-hydrogen) atoms. The predicted octanol–water partition coefficient (Wildman–Crippen LogP) is 6.93. The third-order valence-electron chi connectivity index (χ3n) is 4.78. The molecule has 0 aromatic heterocycles. The van der Waals surface area contributed by atoms with Crippen LogP contribution in [0.3, 0.4) is 0 Å². The molecule has 0 bridgehead atoms. The van der Waals surface area contributed by atoms with Crippen molar-refractivity contribution < 1.29 is 14.2 Å². The Morgan fingerprint density at radius 1 is 1.11 bits per heavy atom. The molecule has 0 saturated carbocycles. The lowest BCUT2D eigenvalue weighted by Gasteiger charge is -2.17. The fourth-order valence-corrected chi connectivity index (χ4v) is 5.53. The highest BCUT2D eigenvalue weighted by atomic mass is 79.9. The lowest BCUT2D eigenvalue weighted by atomic mass is 9.92. The summed E-state index contributed by atoms with van der Waals surface area (Å²) in [5.74, 6) is 0.579. The van der Waals surface area contributed by atoms with E-state index in [4.69, 9.17) is 4.52 Å². The highest BCUT2D eigenvalue weighted by molar-refractivity contribution is 9.10. The minimum Gasteiger partial charge on any atom is -0.506 e. The number of aromatic hydroxyl groups is 1. The number of phenolic OH excluding ortho intramolecular Hbond substituents is 1. The van der Waals surface area contributed by atoms with E-state index in [2.05, 4.69) is 61.8 Å². The van der Waals surface area contributed by atoms with Crippen LogP contribution < -0.4 is 0 Å². The smallest absolute Gasteiger partial charge is 0.204 e. The van der Waals surface area contributed by atoms with Gasteiger partial charge >= 0.3 is 0 Å². The number of hydrogen-bond donors (Lipinski definition) is 1. The summed E-state index contributed by atoms with van der Waals surface area (Å²) < 4.78 is 18.7. The first kappa shape index (κ1) is 22.2. The lowest BCUT2D eigenvalue weighted by molar-refractivity contribution is 0.336. The largest absolute Gasteiger partial charge is 0.506 e. The molecule has 2 aromatic carbocycles. The Morgan fingerprint density at radius 3 is 2.22 bits per heavy atom. The average Bonchev–Trinajstić information content (AvgIpc) is 2.53. The summed E-state index contributed by atoms with van der Waals surface area (Å²) in [6.07, 6.45) is 1.26. The summed E-state index contributed by atoms with van der Waals surface area (Å²) in [4.78, 5) is 0. The molecule has 3 nitrogen and oxygen atoms in total. The van der Waals surface area contributed by atoms with E-state index in [1.165, 1.54) is 16.7 Å². The van der Waals surface area contributed by atoms with Crippen molar-refractivity contribution in [3.8, 4) is 5.75 Å². The van der Waals surface area contributed by atoms with Crippen molar-refractivity contribution in [2.24, 2.45) is 0 Å². The molecule has 0 aliphatic heterocycles. The summed E-state index contributed by atoms with van der Waals surface area (Å²) in [7, 11) is -2.60. The molecule has 5 heteroatoms. The Morgan fingerprint density at radius 2 is 1.70 bits per heavy atom. The number of halogens is 1. The zero-order valence-electron chi connectivity index (χ0n) is 17.1. The third-order valence-corrected chi connectivity index (χ3v) is 7.13. The normalized spacial score (nSPS) is 13.8. The molecule has 0 saturated heterocycles. The van der Waals surface area contributed by atoms with E-state index in [9.17, 15) is 9.67 Å². The number of rotatable bonds is 7. The first-order chi connectivity index (χ1) is 12.5. The van der Waals surface area contributed by atoms with Crippen LogP contribution in [0.4, 0.5) is 0 Å². The third kappa shape index (κ3) is 5.70. The lowest BCUT2D eigenvalue weighted by Crippen LogP contribution is -2.01. The van der Waals surface area contributed by atoms with Gasteiger partial charge in [-0.25, -0.2) is 0 Å². The van der Waals surface area contributed by atoms with Crippen molar-refractivity contribution in [1.82, 2.24) is 0 Å². The van der Waals surface area contributed by atoms with Crippen LogP contribution >= 0.6 is 23.3 Å². The summed E-state index contributed by atoms with van der Waals surface area (Å²) in [6.45, 7) is 12.4. The van der Waals surface area contributed by atoms with Gasteiger partial charge in [0.05, 0.1) is 11.1 Å². The Kier molecular flexibility index (Phi) is 7.35. The number of hydrogen-bond acceptors (Lipinski definition) is 3. The van der Waals surface area contributed by atoms with Gasteiger partial charge in [-0.15, -0.1) is 0 Å². The molecule has 0 radical (unpaired) electrons. The SMILES string of the molecule is CCOP(C)(=O)Cc1cc(C)c(Cc2cc(Br)c(O)c(C(C)C)c2)c(C)c1. The second kappa shape index (κ2) is 8.94. The minimum atomic E-state index is -2.60. The molecule has 0 heterocycles. The molecule has 1 atom stereocenters. The Bertz CT molecular complexity index is 851. The first-order valence-electron chi connectivity index (χ1n) is 9.35. The van der Waals surface area contributed by atoms with Crippen molar-refractivity contribution in [3.63, 3.8) is 0 Å². The van der Waals surface area contributed by atoms with E-state index >= 15 is 0 Å². The molecule has 2 rings (SSSR count). The van der Waals surface area contributed by atoms with Crippen LogP contribution in [0, 0.1) is 13.8 Å². The Hall–Kier alpha value is -1.09. The van der Waals surface area contributed by atoms with Crippen LogP contribution in [0.1, 0.15) is 60.1 Å². The van der Waals surface area contributed by atoms with Crippen molar-refractivity contribution in [3.05, 3.63) is 62.1 Å². The van der Waals surface area contributed by atoms with E-state index in [1.54, 1.807) is 6.66 Å². The fourth-order valence-electron chi connectivity index (χ4n) is 3.53. The zero-order chi connectivity index (χ0) is 20.4. The van der Waals surface area contributed by atoms with Gasteiger partial charge in [-0.1, -0.05) is 32.0 Å². The highest BCUT2D eigenvalue weighted by Crippen LogP contribution is 2.46. The Balaban J connectivity index is 2.34. The summed E-state index contributed by atoms with van der Waals surface area (Å²) >= 11 is 3.48. The van der Waals surface area contributed by atoms with Gasteiger partial charge in [0.25, 0.3) is 0 Å². The van der Waals surface area contributed by atoms with Crippen LogP contribution in [-0.4, -0.2) is 18.4 Å². The maximum atomic E-state index is 12.5. The van der Waals surface area contributed by atoms with Crippen molar-refractivity contribution in [2.75, 3.05) is 13.3 Å². The van der Waals surface area contributed by atoms with Gasteiger partial charge in [0.1, 0.15) is 5.75 Å². The standard InChI is InChI=1S/C22H30BrO3P/c1-7-26-27(6,25)13-18-8-15(4)20(16(5)9-18)11-17-10-19(14(2)3)22(24)21(23)12-17/h8-10,12,14,24H,7,11,13H2,1-6H3. The number of aryl methyl sites for hydroxylation is 2. The molecular weight excluding hydrogens is 423 g/mol. The zero-order valence-corrected chi connectivity index (χ0v) is 19.6. The molecule has 1 unspecified atom stereocenters. The van der Waals surface area contributed by atoms with Crippen molar-refractivity contribution >= 4 is 23.3 Å². The van der Waals surface area contributed by atoms with Gasteiger partial charge in [0, 0.05) is 12.8 Å². The highest BCUT2D eigenvalue weighted by Gasteiger charge is 2.18. The van der Waals surface area contributed by atoms with Gasteiger partial charge in [-0.2, -0.15) is 0 Å². The van der Waals surface area contributed by atoms with Crippen LogP contribution in [0.5, 0.6) is 5.75 Å². The molecular formula is C22H30BrO3P. The quantitative estimate of drug-likeness (QED) is 0.463. The second-order valence-corrected chi connectivity index (χ2v) is 11.1. The average molecular weight is 453 g/mol. The monoisotopic (exact) mass is 452 g/mol. The molecule has 0 fully saturated rings. The van der Waals surface area contributed by atoms with E-state index in [1.807, 2.05) is 13.0 Å². The predicted molar refractivity (Wildman–Crippen MR) is 117 cm³/mol. The fraction of sp³-hybridized carbons (Fsp3) is 0.455. The molecule has 148 valence electrons. The van der Waals surface area contributed by atoms with E-state index in [0.29, 0.717) is 18.5 Å². The summed E-state index contributed by atoms with van der Waals surface area (Å²) in [6, 6.07) is 8.32. The molecule has 0 amide bonds. The van der Waals surface area contributed by atoms with Crippen LogP contribution in [0.15, 0.2) is 28.7 Å². The van der Waals surface area contributed by atoms with Gasteiger partial charge in [0.15, 0.2) is 0 Å². The van der Waals surface area contributed by atoms with E-state index < -0.39 is 7.37 Å². The molecule has 2 aromatic rings. The molecule has 0 aliphatic rings. The molecule has 1 N–H and O–H groups in total. The molecule has 0 spiro atoms. The van der Waals surface area contributed by atoms with Gasteiger partial charge in [0.2, 0.25) is 7.37 Å².